The Kier molecular flexibility index (Phi) is 4.98. The van der Waals surface area contributed by atoms with Gasteiger partial charge in [0.25, 0.3) is 5.91 Å². The summed E-state index contributed by atoms with van der Waals surface area (Å²) in [6.45, 7) is 3.91. The van der Waals surface area contributed by atoms with E-state index < -0.39 is 0 Å². The van der Waals surface area contributed by atoms with E-state index >= 15 is 0 Å². The first-order chi connectivity index (χ1) is 13.5. The largest absolute Gasteiger partial charge is 0.306 e. The average Bonchev–Trinajstić information content (AvgIpc) is 3.35. The van der Waals surface area contributed by atoms with Gasteiger partial charge < -0.3 is 5.32 Å². The lowest BCUT2D eigenvalue weighted by Gasteiger charge is -2.25. The summed E-state index contributed by atoms with van der Waals surface area (Å²) in [6.07, 6.45) is 6.86. The molecule has 2 amide bonds. The van der Waals surface area contributed by atoms with Crippen LogP contribution in [0.25, 0.3) is 0 Å². The van der Waals surface area contributed by atoms with E-state index in [2.05, 4.69) is 15.5 Å². The Morgan fingerprint density at radius 2 is 1.93 bits per heavy atom. The fourth-order valence-electron chi connectivity index (χ4n) is 3.89. The maximum absolute atomic E-state index is 12.8. The van der Waals surface area contributed by atoms with Crippen LogP contribution in [0.15, 0.2) is 35.6 Å². The Balaban J connectivity index is 1.57. The number of benzene rings is 1. The molecule has 1 aliphatic heterocycles. The highest BCUT2D eigenvalue weighted by molar-refractivity contribution is 6.44. The van der Waals surface area contributed by atoms with Gasteiger partial charge in [-0.05, 0) is 43.9 Å². The van der Waals surface area contributed by atoms with Crippen molar-refractivity contribution in [2.75, 3.05) is 10.3 Å². The molecule has 1 aromatic heterocycles. The van der Waals surface area contributed by atoms with Gasteiger partial charge in [0.15, 0.2) is 0 Å². The van der Waals surface area contributed by atoms with E-state index in [-0.39, 0.29) is 18.2 Å². The molecular formula is C21H25N5O2. The van der Waals surface area contributed by atoms with Crippen LogP contribution in [0.2, 0.25) is 0 Å². The Labute approximate surface area is 164 Å². The van der Waals surface area contributed by atoms with Gasteiger partial charge in [0, 0.05) is 18.9 Å². The van der Waals surface area contributed by atoms with Crippen LogP contribution in [0.1, 0.15) is 55.7 Å². The van der Waals surface area contributed by atoms with Crippen LogP contribution in [0.4, 0.5) is 11.5 Å². The molecule has 0 unspecified atom stereocenters. The van der Waals surface area contributed by atoms with Crippen molar-refractivity contribution in [1.82, 2.24) is 9.78 Å². The predicted octanol–water partition coefficient (Wildman–Crippen LogP) is 3.74. The molecule has 146 valence electrons. The summed E-state index contributed by atoms with van der Waals surface area (Å²) in [4.78, 5) is 25.3. The minimum absolute atomic E-state index is 0.0961. The quantitative estimate of drug-likeness (QED) is 0.879. The van der Waals surface area contributed by atoms with Crippen molar-refractivity contribution in [3.8, 4) is 0 Å². The van der Waals surface area contributed by atoms with Crippen LogP contribution < -0.4 is 10.3 Å². The fourth-order valence-corrected chi connectivity index (χ4v) is 3.89. The van der Waals surface area contributed by atoms with Gasteiger partial charge in [0.2, 0.25) is 5.91 Å². The number of carbonyl (C=O) groups excluding carboxylic acids is 2. The summed E-state index contributed by atoms with van der Waals surface area (Å²) in [5, 5.41) is 13.1. The van der Waals surface area contributed by atoms with Gasteiger partial charge in [0.05, 0.1) is 17.9 Å². The van der Waals surface area contributed by atoms with Crippen molar-refractivity contribution in [1.29, 1.82) is 0 Å². The van der Waals surface area contributed by atoms with Gasteiger partial charge in [-0.15, -0.1) is 0 Å². The van der Waals surface area contributed by atoms with Crippen LogP contribution in [0.3, 0.4) is 0 Å². The summed E-state index contributed by atoms with van der Waals surface area (Å²) in [5.74, 6) is 0.318. The number of hydrogen-bond acceptors (Lipinski definition) is 4. The molecule has 1 N–H and O–H groups in total. The third-order valence-corrected chi connectivity index (χ3v) is 5.47. The Hall–Kier alpha value is -2.96. The van der Waals surface area contributed by atoms with Crippen LogP contribution in [-0.2, 0) is 9.59 Å². The summed E-state index contributed by atoms with van der Waals surface area (Å²) < 4.78 is 1.90. The second-order valence-corrected chi connectivity index (χ2v) is 7.60. The number of aryl methyl sites for hydroxylation is 2. The lowest BCUT2D eigenvalue weighted by molar-refractivity contribution is -0.118. The molecule has 0 atom stereocenters. The Morgan fingerprint density at radius 3 is 2.71 bits per heavy atom. The second-order valence-electron chi connectivity index (χ2n) is 7.60. The van der Waals surface area contributed by atoms with Crippen molar-refractivity contribution < 1.29 is 9.59 Å². The summed E-state index contributed by atoms with van der Waals surface area (Å²) >= 11 is 0. The molecule has 0 saturated heterocycles. The molecule has 0 spiro atoms. The van der Waals surface area contributed by atoms with Gasteiger partial charge >= 0.3 is 0 Å². The van der Waals surface area contributed by atoms with Gasteiger partial charge in [0.1, 0.15) is 11.5 Å². The number of carbonyl (C=O) groups is 2. The lowest BCUT2D eigenvalue weighted by Crippen LogP contribution is -2.37. The zero-order valence-electron chi connectivity index (χ0n) is 16.3. The maximum Gasteiger partial charge on any atom is 0.273 e. The number of hydrogen-bond donors (Lipinski definition) is 1. The van der Waals surface area contributed by atoms with Crippen molar-refractivity contribution in [3.05, 3.63) is 41.6 Å². The summed E-state index contributed by atoms with van der Waals surface area (Å²) in [6, 6.07) is 8.03. The molecule has 1 fully saturated rings. The van der Waals surface area contributed by atoms with E-state index in [0.717, 1.165) is 29.7 Å². The topological polar surface area (TPSA) is 79.6 Å². The molecule has 0 radical (unpaired) electrons. The maximum atomic E-state index is 12.8. The zero-order valence-corrected chi connectivity index (χ0v) is 16.3. The highest BCUT2D eigenvalue weighted by atomic mass is 16.2. The van der Waals surface area contributed by atoms with E-state index in [1.165, 1.54) is 17.9 Å². The number of amides is 2. The van der Waals surface area contributed by atoms with E-state index in [9.17, 15) is 9.59 Å². The standard InChI is InChI=1S/C21H25N5O2/c1-14-7-8-15(2)18(13-14)26-20(27)10-9-17(24-26)21(28)23-19-11-12-22-25(19)16-5-3-4-6-16/h7-8,11-13,16H,3-6,9-10H2,1-2H3,(H,23,28). The molecule has 28 heavy (non-hydrogen) atoms. The van der Waals surface area contributed by atoms with Crippen molar-refractivity contribution in [2.24, 2.45) is 5.10 Å². The number of anilines is 2. The van der Waals surface area contributed by atoms with E-state index in [1.807, 2.05) is 42.8 Å². The first-order valence-electron chi connectivity index (χ1n) is 9.85. The number of aromatic nitrogens is 2. The second kappa shape index (κ2) is 7.58. The van der Waals surface area contributed by atoms with Crippen LogP contribution in [0, 0.1) is 13.8 Å². The molecule has 1 aromatic carbocycles. The van der Waals surface area contributed by atoms with E-state index in [4.69, 9.17) is 0 Å². The number of rotatable bonds is 4. The molecule has 0 bridgehead atoms. The average molecular weight is 379 g/mol. The highest BCUT2D eigenvalue weighted by Gasteiger charge is 2.28. The Bertz CT molecular complexity index is 940. The molecule has 2 aliphatic rings. The van der Waals surface area contributed by atoms with Gasteiger partial charge in [-0.3, -0.25) is 9.59 Å². The zero-order chi connectivity index (χ0) is 19.7. The molecule has 2 heterocycles. The number of nitrogens with zero attached hydrogens (tertiary/aromatic N) is 4. The third kappa shape index (κ3) is 3.56. The van der Waals surface area contributed by atoms with Gasteiger partial charge in [-0.25, -0.2) is 9.69 Å². The van der Waals surface area contributed by atoms with Crippen molar-refractivity contribution >= 4 is 29.0 Å². The molecule has 1 aliphatic carbocycles. The van der Waals surface area contributed by atoms with Crippen LogP contribution >= 0.6 is 0 Å². The predicted molar refractivity (Wildman–Crippen MR) is 108 cm³/mol. The first kappa shape index (κ1) is 18.4. The highest BCUT2D eigenvalue weighted by Crippen LogP contribution is 2.31. The normalized spacial score (nSPS) is 17.7. The molecule has 4 rings (SSSR count). The molecular weight excluding hydrogens is 354 g/mol. The Morgan fingerprint density at radius 1 is 1.14 bits per heavy atom. The molecule has 7 heteroatoms. The summed E-state index contributed by atoms with van der Waals surface area (Å²) in [7, 11) is 0. The minimum Gasteiger partial charge on any atom is -0.306 e. The SMILES string of the molecule is Cc1ccc(C)c(N2N=C(C(=O)Nc3ccnn3C3CCCC3)CCC2=O)c1. The lowest BCUT2D eigenvalue weighted by atomic mass is 10.1. The molecule has 2 aromatic rings. The van der Waals surface area contributed by atoms with E-state index in [0.29, 0.717) is 24.0 Å². The van der Waals surface area contributed by atoms with Gasteiger partial charge in [-0.1, -0.05) is 25.0 Å². The minimum atomic E-state index is -0.275. The number of nitrogens with one attached hydrogen (secondary N) is 1. The monoisotopic (exact) mass is 379 g/mol. The van der Waals surface area contributed by atoms with Crippen molar-refractivity contribution in [2.45, 2.75) is 58.4 Å². The number of hydrazone groups is 1. The first-order valence-corrected chi connectivity index (χ1v) is 9.85. The smallest absolute Gasteiger partial charge is 0.273 e. The van der Waals surface area contributed by atoms with Crippen LogP contribution in [-0.4, -0.2) is 27.3 Å². The fraction of sp³-hybridized carbons (Fsp3) is 0.429. The van der Waals surface area contributed by atoms with Crippen LogP contribution in [0.5, 0.6) is 0 Å². The van der Waals surface area contributed by atoms with Gasteiger partial charge in [-0.2, -0.15) is 10.2 Å². The molecule has 1 saturated carbocycles. The van der Waals surface area contributed by atoms with Crippen molar-refractivity contribution in [3.63, 3.8) is 0 Å². The third-order valence-electron chi connectivity index (χ3n) is 5.47. The molecule has 7 nitrogen and oxygen atoms in total. The van der Waals surface area contributed by atoms with E-state index in [1.54, 1.807) is 6.20 Å². The summed E-state index contributed by atoms with van der Waals surface area (Å²) in [5.41, 5.74) is 3.08.